The lowest BCUT2D eigenvalue weighted by Crippen LogP contribution is -2.14. The van der Waals surface area contributed by atoms with Gasteiger partial charge in [-0.1, -0.05) is 75.1 Å². The summed E-state index contributed by atoms with van der Waals surface area (Å²) in [5.41, 5.74) is 10.9. The number of hydrogen-bond acceptors (Lipinski definition) is 1. The summed E-state index contributed by atoms with van der Waals surface area (Å²) in [5, 5.41) is 0. The van der Waals surface area contributed by atoms with Crippen molar-refractivity contribution in [3.63, 3.8) is 0 Å². The van der Waals surface area contributed by atoms with Crippen LogP contribution in [0.2, 0.25) is 0 Å². The molecule has 0 aromatic heterocycles. The molecule has 26 heavy (non-hydrogen) atoms. The van der Waals surface area contributed by atoms with Crippen molar-refractivity contribution in [2.24, 2.45) is 0 Å². The second-order valence-corrected chi connectivity index (χ2v) is 8.76. The van der Waals surface area contributed by atoms with Gasteiger partial charge in [0.2, 0.25) is 0 Å². The summed E-state index contributed by atoms with van der Waals surface area (Å²) >= 11 is 0. The van der Waals surface area contributed by atoms with E-state index in [1.165, 1.54) is 51.8 Å². The molecule has 0 heterocycles. The molecule has 0 aliphatic heterocycles. The SMILES string of the molecule is CCCC1=Cc2cc(C(C)(C)C)c(OC)c(-c3cc(C)cc(C)c3)c2C1. The largest absolute Gasteiger partial charge is 0.496 e. The Balaban J connectivity index is 2.32. The molecule has 1 nitrogen and oxygen atoms in total. The molecule has 0 spiro atoms. The smallest absolute Gasteiger partial charge is 0.130 e. The number of fused-ring (bicyclic) bond motifs is 1. The van der Waals surface area contributed by atoms with Gasteiger partial charge in [0.25, 0.3) is 0 Å². The summed E-state index contributed by atoms with van der Waals surface area (Å²) in [5.74, 6) is 1.05. The predicted molar refractivity (Wildman–Crippen MR) is 113 cm³/mol. The van der Waals surface area contributed by atoms with Gasteiger partial charge >= 0.3 is 0 Å². The van der Waals surface area contributed by atoms with Gasteiger partial charge in [-0.2, -0.15) is 0 Å². The molecule has 2 aromatic rings. The normalized spacial score (nSPS) is 13.6. The van der Waals surface area contributed by atoms with E-state index in [1.807, 2.05) is 7.11 Å². The number of ether oxygens (including phenoxy) is 1. The van der Waals surface area contributed by atoms with Gasteiger partial charge in [0.05, 0.1) is 7.11 Å². The Morgan fingerprint density at radius 2 is 1.65 bits per heavy atom. The Morgan fingerprint density at radius 3 is 2.19 bits per heavy atom. The molecular formula is C25H32O. The minimum absolute atomic E-state index is 0.0370. The molecule has 0 saturated heterocycles. The second-order valence-electron chi connectivity index (χ2n) is 8.76. The van der Waals surface area contributed by atoms with Crippen LogP contribution in [0.5, 0.6) is 5.75 Å². The van der Waals surface area contributed by atoms with E-state index < -0.39 is 0 Å². The zero-order valence-electron chi connectivity index (χ0n) is 17.4. The van der Waals surface area contributed by atoms with E-state index in [0.717, 1.165) is 12.2 Å². The van der Waals surface area contributed by atoms with Gasteiger partial charge in [0.1, 0.15) is 5.75 Å². The summed E-state index contributed by atoms with van der Waals surface area (Å²) in [6, 6.07) is 9.21. The number of allylic oxidation sites excluding steroid dienone is 1. The minimum atomic E-state index is 0.0370. The summed E-state index contributed by atoms with van der Waals surface area (Å²) in [6.45, 7) is 13.4. The number of benzene rings is 2. The minimum Gasteiger partial charge on any atom is -0.496 e. The van der Waals surface area contributed by atoms with Crippen molar-refractivity contribution < 1.29 is 4.74 Å². The Bertz CT molecular complexity index is 842. The number of methoxy groups -OCH3 is 1. The predicted octanol–water partition coefficient (Wildman–Crippen LogP) is 7.02. The van der Waals surface area contributed by atoms with E-state index in [9.17, 15) is 0 Å². The van der Waals surface area contributed by atoms with Crippen LogP contribution < -0.4 is 4.74 Å². The van der Waals surface area contributed by atoms with E-state index in [2.05, 4.69) is 71.9 Å². The van der Waals surface area contributed by atoms with Crippen LogP contribution in [-0.2, 0) is 11.8 Å². The Kier molecular flexibility index (Phi) is 5.01. The number of rotatable bonds is 4. The van der Waals surface area contributed by atoms with Crippen LogP contribution in [0.4, 0.5) is 0 Å². The second kappa shape index (κ2) is 6.95. The molecule has 138 valence electrons. The fourth-order valence-electron chi connectivity index (χ4n) is 4.22. The lowest BCUT2D eigenvalue weighted by atomic mass is 9.81. The monoisotopic (exact) mass is 348 g/mol. The first-order chi connectivity index (χ1) is 12.2. The summed E-state index contributed by atoms with van der Waals surface area (Å²) < 4.78 is 6.03. The average Bonchev–Trinajstić information content (AvgIpc) is 2.93. The van der Waals surface area contributed by atoms with Gasteiger partial charge in [-0.05, 0) is 54.9 Å². The van der Waals surface area contributed by atoms with Gasteiger partial charge in [0.15, 0.2) is 0 Å². The molecule has 0 saturated carbocycles. The Labute approximate surface area is 159 Å². The van der Waals surface area contributed by atoms with Gasteiger partial charge in [-0.15, -0.1) is 0 Å². The third kappa shape index (κ3) is 3.45. The highest BCUT2D eigenvalue weighted by atomic mass is 16.5. The van der Waals surface area contributed by atoms with Crippen LogP contribution in [0.3, 0.4) is 0 Å². The van der Waals surface area contributed by atoms with Crippen molar-refractivity contribution in [1.82, 2.24) is 0 Å². The Hall–Kier alpha value is -2.02. The molecule has 0 unspecified atom stereocenters. The molecule has 3 rings (SSSR count). The van der Waals surface area contributed by atoms with Crippen LogP contribution in [0, 0.1) is 13.8 Å². The first-order valence-corrected chi connectivity index (χ1v) is 9.77. The fraction of sp³-hybridized carbons (Fsp3) is 0.440. The van der Waals surface area contributed by atoms with Crippen molar-refractivity contribution in [1.29, 1.82) is 0 Å². The van der Waals surface area contributed by atoms with Crippen LogP contribution in [0.25, 0.3) is 17.2 Å². The Morgan fingerprint density at radius 1 is 1.00 bits per heavy atom. The summed E-state index contributed by atoms with van der Waals surface area (Å²) in [4.78, 5) is 0. The van der Waals surface area contributed by atoms with Crippen molar-refractivity contribution in [2.45, 2.75) is 66.2 Å². The molecule has 1 heteroatoms. The maximum absolute atomic E-state index is 6.03. The third-order valence-electron chi connectivity index (χ3n) is 5.28. The van der Waals surface area contributed by atoms with Gasteiger partial charge < -0.3 is 4.74 Å². The summed E-state index contributed by atoms with van der Waals surface area (Å²) in [6.07, 6.45) is 5.84. The van der Waals surface area contributed by atoms with Gasteiger partial charge in [0, 0.05) is 11.1 Å². The van der Waals surface area contributed by atoms with E-state index in [-0.39, 0.29) is 5.41 Å². The standard InChI is InChI=1S/C25H32O/c1-8-9-18-13-19-15-22(25(4,5)6)24(26-7)23(21(19)14-18)20-11-16(2)10-17(3)12-20/h10-13,15H,8-9,14H2,1-7H3. The van der Waals surface area contributed by atoms with Gasteiger partial charge in [-0.3, -0.25) is 0 Å². The molecule has 0 amide bonds. The van der Waals surface area contributed by atoms with Gasteiger partial charge in [-0.25, -0.2) is 0 Å². The van der Waals surface area contributed by atoms with Crippen molar-refractivity contribution >= 4 is 6.08 Å². The quantitative estimate of drug-likeness (QED) is 0.577. The maximum atomic E-state index is 6.03. The van der Waals surface area contributed by atoms with Crippen molar-refractivity contribution in [3.05, 3.63) is 57.7 Å². The number of aryl methyl sites for hydroxylation is 2. The zero-order valence-corrected chi connectivity index (χ0v) is 17.4. The van der Waals surface area contributed by atoms with Crippen molar-refractivity contribution in [3.8, 4) is 16.9 Å². The molecule has 2 aromatic carbocycles. The maximum Gasteiger partial charge on any atom is 0.130 e. The van der Waals surface area contributed by atoms with E-state index in [1.54, 1.807) is 5.57 Å². The highest BCUT2D eigenvalue weighted by Gasteiger charge is 2.28. The fourth-order valence-corrected chi connectivity index (χ4v) is 4.22. The topological polar surface area (TPSA) is 9.23 Å². The molecule has 1 aliphatic carbocycles. The highest BCUT2D eigenvalue weighted by Crippen LogP contribution is 2.47. The van der Waals surface area contributed by atoms with Crippen LogP contribution in [0.15, 0.2) is 29.8 Å². The molecule has 0 bridgehead atoms. The lowest BCUT2D eigenvalue weighted by molar-refractivity contribution is 0.399. The van der Waals surface area contributed by atoms with Crippen LogP contribution in [-0.4, -0.2) is 7.11 Å². The molecule has 0 atom stereocenters. The lowest BCUT2D eigenvalue weighted by Gasteiger charge is -2.26. The molecular weight excluding hydrogens is 316 g/mol. The van der Waals surface area contributed by atoms with E-state index in [0.29, 0.717) is 0 Å². The van der Waals surface area contributed by atoms with Crippen LogP contribution in [0.1, 0.15) is 68.4 Å². The summed E-state index contributed by atoms with van der Waals surface area (Å²) in [7, 11) is 1.82. The molecule has 0 fully saturated rings. The molecule has 1 aliphatic rings. The van der Waals surface area contributed by atoms with Crippen molar-refractivity contribution in [2.75, 3.05) is 7.11 Å². The first-order valence-electron chi connectivity index (χ1n) is 9.77. The van der Waals surface area contributed by atoms with Crippen LogP contribution >= 0.6 is 0 Å². The molecule has 0 radical (unpaired) electrons. The molecule has 0 N–H and O–H groups in total. The van der Waals surface area contributed by atoms with E-state index in [4.69, 9.17) is 4.74 Å². The van der Waals surface area contributed by atoms with E-state index >= 15 is 0 Å². The number of hydrogen-bond donors (Lipinski definition) is 0. The zero-order chi connectivity index (χ0) is 19.1. The average molecular weight is 349 g/mol. The highest BCUT2D eigenvalue weighted by molar-refractivity contribution is 5.84. The third-order valence-corrected chi connectivity index (χ3v) is 5.28. The first kappa shape index (κ1) is 18.8.